The van der Waals surface area contributed by atoms with E-state index >= 15 is 0 Å². The van der Waals surface area contributed by atoms with Gasteiger partial charge in [0.1, 0.15) is 0 Å². The van der Waals surface area contributed by atoms with Gasteiger partial charge < -0.3 is 5.32 Å². The highest BCUT2D eigenvalue weighted by molar-refractivity contribution is 7.99. The van der Waals surface area contributed by atoms with E-state index in [2.05, 4.69) is 29.6 Å². The molecule has 2 heteroatoms. The van der Waals surface area contributed by atoms with E-state index in [0.717, 1.165) is 11.5 Å². The smallest absolute Gasteiger partial charge is 0.0341 e. The van der Waals surface area contributed by atoms with Crippen LogP contribution in [0.3, 0.4) is 0 Å². The highest BCUT2D eigenvalue weighted by Gasteiger charge is 2.38. The van der Waals surface area contributed by atoms with Crippen molar-refractivity contribution < 1.29 is 0 Å². The zero-order valence-corrected chi connectivity index (χ0v) is 13.8. The van der Waals surface area contributed by atoms with Crippen LogP contribution < -0.4 is 5.32 Å². The molecule has 1 spiro atoms. The average molecular weight is 301 g/mol. The number of fused-ring (bicyclic) bond motifs is 1. The third-order valence-electron chi connectivity index (χ3n) is 6.11. The predicted octanol–water partition coefficient (Wildman–Crippen LogP) is 5.32. The first-order chi connectivity index (χ1) is 10.3. The minimum absolute atomic E-state index is 0.602. The van der Waals surface area contributed by atoms with Gasteiger partial charge in [0, 0.05) is 17.0 Å². The van der Waals surface area contributed by atoms with Crippen LogP contribution in [-0.4, -0.2) is 11.8 Å². The number of nitrogens with one attached hydrogen (secondary N) is 1. The largest absolute Gasteiger partial charge is 0.307 e. The summed E-state index contributed by atoms with van der Waals surface area (Å²) in [7, 11) is 0. The molecule has 1 aliphatic heterocycles. The Morgan fingerprint density at radius 3 is 2.52 bits per heavy atom. The maximum absolute atomic E-state index is 4.01. The molecular formula is C19H27NS. The summed E-state index contributed by atoms with van der Waals surface area (Å²) in [4.78, 5) is 1.50. The normalized spacial score (nSPS) is 28.7. The minimum atomic E-state index is 0.602. The van der Waals surface area contributed by atoms with E-state index in [1.54, 1.807) is 5.56 Å². The van der Waals surface area contributed by atoms with Crippen LogP contribution in [0.1, 0.15) is 69.4 Å². The predicted molar refractivity (Wildman–Crippen MR) is 90.8 cm³/mol. The Labute approximate surface area is 133 Å². The van der Waals surface area contributed by atoms with Gasteiger partial charge in [0.15, 0.2) is 0 Å². The van der Waals surface area contributed by atoms with Crippen LogP contribution in [0.4, 0.5) is 0 Å². The fourth-order valence-corrected chi connectivity index (χ4v) is 5.95. The molecule has 2 aliphatic carbocycles. The first-order valence-electron chi connectivity index (χ1n) is 8.83. The fraction of sp³-hybridized carbons (Fsp3) is 0.684. The first-order valence-corrected chi connectivity index (χ1v) is 9.81. The molecule has 1 unspecified atom stereocenters. The van der Waals surface area contributed by atoms with E-state index < -0.39 is 0 Å². The molecule has 1 heterocycles. The van der Waals surface area contributed by atoms with E-state index in [-0.39, 0.29) is 0 Å². The molecule has 1 aromatic rings. The lowest BCUT2D eigenvalue weighted by Gasteiger charge is -2.39. The van der Waals surface area contributed by atoms with Crippen molar-refractivity contribution in [3.8, 4) is 0 Å². The summed E-state index contributed by atoms with van der Waals surface area (Å²) >= 11 is 2.03. The van der Waals surface area contributed by atoms with Gasteiger partial charge >= 0.3 is 0 Å². The molecule has 2 saturated carbocycles. The second-order valence-electron chi connectivity index (χ2n) is 7.38. The SMILES string of the molecule is c1ccc2c(c1)SCCC2NC1CCC2(CCCC2)CC1. The standard InChI is InChI=1S/C19H27NS/c1-2-6-18-16(5-1)17(9-14-21-18)20-15-7-12-19(13-8-15)10-3-4-11-19/h1-2,5-6,15,17,20H,3-4,7-14H2. The Morgan fingerprint density at radius 1 is 0.952 bits per heavy atom. The van der Waals surface area contributed by atoms with Crippen LogP contribution in [0.5, 0.6) is 0 Å². The Hall–Kier alpha value is -0.470. The van der Waals surface area contributed by atoms with Gasteiger partial charge in [-0.2, -0.15) is 0 Å². The van der Waals surface area contributed by atoms with Gasteiger partial charge in [0.2, 0.25) is 0 Å². The molecule has 3 aliphatic rings. The van der Waals surface area contributed by atoms with Crippen LogP contribution in [0.15, 0.2) is 29.2 Å². The van der Waals surface area contributed by atoms with Crippen LogP contribution in [0.2, 0.25) is 0 Å². The number of hydrogen-bond acceptors (Lipinski definition) is 2. The first kappa shape index (κ1) is 14.1. The van der Waals surface area contributed by atoms with E-state index in [1.165, 1.54) is 68.4 Å². The number of benzene rings is 1. The molecule has 2 fully saturated rings. The second-order valence-corrected chi connectivity index (χ2v) is 8.51. The summed E-state index contributed by atoms with van der Waals surface area (Å²) < 4.78 is 0. The average Bonchev–Trinajstić information content (AvgIpc) is 2.99. The van der Waals surface area contributed by atoms with E-state index in [9.17, 15) is 0 Å². The second kappa shape index (κ2) is 5.96. The van der Waals surface area contributed by atoms with Crippen LogP contribution in [0, 0.1) is 5.41 Å². The van der Waals surface area contributed by atoms with Gasteiger partial charge in [-0.05, 0) is 67.7 Å². The summed E-state index contributed by atoms with van der Waals surface area (Å²) in [6.45, 7) is 0. The van der Waals surface area contributed by atoms with Gasteiger partial charge in [-0.25, -0.2) is 0 Å². The number of rotatable bonds is 2. The van der Waals surface area contributed by atoms with Crippen molar-refractivity contribution in [2.24, 2.45) is 5.41 Å². The fourth-order valence-electron chi connectivity index (χ4n) is 4.82. The Kier molecular flexibility index (Phi) is 4.02. The van der Waals surface area contributed by atoms with Crippen LogP contribution in [0.25, 0.3) is 0 Å². The van der Waals surface area contributed by atoms with Crippen molar-refractivity contribution in [3.05, 3.63) is 29.8 Å². The molecule has 1 nitrogen and oxygen atoms in total. The van der Waals surface area contributed by atoms with E-state index in [4.69, 9.17) is 0 Å². The third kappa shape index (κ3) is 2.90. The van der Waals surface area contributed by atoms with Crippen LogP contribution in [-0.2, 0) is 0 Å². The van der Waals surface area contributed by atoms with E-state index in [1.807, 2.05) is 11.8 Å². The summed E-state index contributed by atoms with van der Waals surface area (Å²) in [6, 6.07) is 10.4. The minimum Gasteiger partial charge on any atom is -0.307 e. The maximum Gasteiger partial charge on any atom is 0.0341 e. The van der Waals surface area contributed by atoms with Gasteiger partial charge in [-0.1, -0.05) is 31.0 Å². The molecule has 1 aromatic carbocycles. The zero-order valence-electron chi connectivity index (χ0n) is 12.9. The Morgan fingerprint density at radius 2 is 1.71 bits per heavy atom. The molecule has 21 heavy (non-hydrogen) atoms. The van der Waals surface area contributed by atoms with Gasteiger partial charge in [-0.15, -0.1) is 11.8 Å². The zero-order chi connectivity index (χ0) is 14.1. The molecule has 1 atom stereocenters. The quantitative estimate of drug-likeness (QED) is 0.794. The Balaban J connectivity index is 1.39. The molecule has 114 valence electrons. The highest BCUT2D eigenvalue weighted by atomic mass is 32.2. The number of hydrogen-bond donors (Lipinski definition) is 1. The van der Waals surface area contributed by atoms with Crippen molar-refractivity contribution in [1.29, 1.82) is 0 Å². The third-order valence-corrected chi connectivity index (χ3v) is 7.23. The lowest BCUT2D eigenvalue weighted by atomic mass is 9.71. The molecule has 4 rings (SSSR count). The lowest BCUT2D eigenvalue weighted by Crippen LogP contribution is -2.39. The van der Waals surface area contributed by atoms with Crippen molar-refractivity contribution in [1.82, 2.24) is 5.32 Å². The van der Waals surface area contributed by atoms with Crippen molar-refractivity contribution in [2.45, 2.75) is 74.8 Å². The summed E-state index contributed by atoms with van der Waals surface area (Å²) in [6.07, 6.45) is 13.1. The topological polar surface area (TPSA) is 12.0 Å². The molecule has 0 amide bonds. The Bertz CT molecular complexity index is 482. The molecule has 0 aromatic heterocycles. The summed E-state index contributed by atoms with van der Waals surface area (Å²) in [5, 5.41) is 4.01. The summed E-state index contributed by atoms with van der Waals surface area (Å²) in [5.41, 5.74) is 2.31. The highest BCUT2D eigenvalue weighted by Crippen LogP contribution is 2.49. The molecular weight excluding hydrogens is 274 g/mol. The molecule has 1 N–H and O–H groups in total. The molecule has 0 bridgehead atoms. The van der Waals surface area contributed by atoms with Gasteiger partial charge in [-0.3, -0.25) is 0 Å². The number of thioether (sulfide) groups is 1. The van der Waals surface area contributed by atoms with Gasteiger partial charge in [0.05, 0.1) is 0 Å². The van der Waals surface area contributed by atoms with Crippen molar-refractivity contribution >= 4 is 11.8 Å². The lowest BCUT2D eigenvalue weighted by molar-refractivity contribution is 0.162. The van der Waals surface area contributed by atoms with E-state index in [0.29, 0.717) is 6.04 Å². The monoisotopic (exact) mass is 301 g/mol. The molecule has 0 saturated heterocycles. The van der Waals surface area contributed by atoms with Crippen molar-refractivity contribution in [3.63, 3.8) is 0 Å². The van der Waals surface area contributed by atoms with Crippen LogP contribution >= 0.6 is 11.8 Å². The maximum atomic E-state index is 4.01. The van der Waals surface area contributed by atoms with Gasteiger partial charge in [0.25, 0.3) is 0 Å². The van der Waals surface area contributed by atoms with Crippen molar-refractivity contribution in [2.75, 3.05) is 5.75 Å². The molecule has 0 radical (unpaired) electrons. The summed E-state index contributed by atoms with van der Waals surface area (Å²) in [5.74, 6) is 1.27.